The number of hydrogen-bond acceptors (Lipinski definition) is 4. The highest BCUT2D eigenvalue weighted by molar-refractivity contribution is 6.31. The molecule has 0 aliphatic rings. The van der Waals surface area contributed by atoms with Crippen molar-refractivity contribution in [3.05, 3.63) is 104 Å². The van der Waals surface area contributed by atoms with Crippen molar-refractivity contribution < 1.29 is 14.4 Å². The van der Waals surface area contributed by atoms with E-state index in [1.807, 2.05) is 19.1 Å². The van der Waals surface area contributed by atoms with E-state index in [2.05, 4.69) is 5.16 Å². The SMILES string of the molecule is CCCC(=O)c1ccc(C(C/C(=N\O)c2ccc(=O)n(C)c2)c2ccccc2Cl)cc1F. The number of oxime groups is 1. The molecule has 166 valence electrons. The first kappa shape index (κ1) is 23.4. The van der Waals surface area contributed by atoms with Gasteiger partial charge in [-0.1, -0.05) is 47.9 Å². The second-order valence-corrected chi connectivity index (χ2v) is 8.01. The van der Waals surface area contributed by atoms with Gasteiger partial charge in [-0.05, 0) is 41.8 Å². The van der Waals surface area contributed by atoms with E-state index in [0.717, 1.165) is 5.56 Å². The van der Waals surface area contributed by atoms with Crippen LogP contribution in [0.5, 0.6) is 0 Å². The number of pyridine rings is 1. The molecule has 3 rings (SSSR count). The average Bonchev–Trinajstić information content (AvgIpc) is 2.77. The summed E-state index contributed by atoms with van der Waals surface area (Å²) in [5.41, 5.74) is 2.06. The topological polar surface area (TPSA) is 71.7 Å². The summed E-state index contributed by atoms with van der Waals surface area (Å²) in [6, 6.07) is 14.7. The van der Waals surface area contributed by atoms with Crippen molar-refractivity contribution in [3.8, 4) is 0 Å². The number of aryl methyl sites for hydroxylation is 1. The Kier molecular flexibility index (Phi) is 7.59. The number of benzene rings is 2. The first-order valence-electron chi connectivity index (χ1n) is 10.3. The lowest BCUT2D eigenvalue weighted by Gasteiger charge is -2.21. The lowest BCUT2D eigenvalue weighted by Crippen LogP contribution is -2.18. The van der Waals surface area contributed by atoms with Gasteiger partial charge in [0.05, 0.1) is 11.3 Å². The lowest BCUT2D eigenvalue weighted by atomic mass is 9.85. The number of ketones is 1. The van der Waals surface area contributed by atoms with Crippen LogP contribution >= 0.6 is 11.6 Å². The molecule has 0 amide bonds. The van der Waals surface area contributed by atoms with Gasteiger partial charge in [0.25, 0.3) is 0 Å². The van der Waals surface area contributed by atoms with E-state index in [0.29, 0.717) is 28.3 Å². The maximum absolute atomic E-state index is 14.9. The Labute approximate surface area is 190 Å². The minimum atomic E-state index is -0.595. The van der Waals surface area contributed by atoms with Gasteiger partial charge in [0, 0.05) is 48.7 Å². The number of carbonyl (C=O) groups excluding carboxylic acids is 1. The van der Waals surface area contributed by atoms with Crippen molar-refractivity contribution in [1.29, 1.82) is 0 Å². The summed E-state index contributed by atoms with van der Waals surface area (Å²) in [5, 5.41) is 13.7. The summed E-state index contributed by atoms with van der Waals surface area (Å²) >= 11 is 6.45. The second kappa shape index (κ2) is 10.4. The minimum Gasteiger partial charge on any atom is -0.411 e. The standard InChI is InChI=1S/C25H24ClFN2O3/c1-3-6-24(30)19-11-9-16(13-22(19)27)20(18-7-4-5-8-21(18)26)14-23(28-32)17-10-12-25(31)29(2)15-17/h4-5,7-13,15,20,32H,3,6,14H2,1-2H3/b28-23+. The molecule has 0 fully saturated rings. The van der Waals surface area contributed by atoms with Crippen LogP contribution < -0.4 is 5.56 Å². The zero-order chi connectivity index (χ0) is 23.3. The van der Waals surface area contributed by atoms with Crippen LogP contribution in [-0.4, -0.2) is 21.3 Å². The molecule has 2 aromatic carbocycles. The molecule has 0 spiro atoms. The highest BCUT2D eigenvalue weighted by Crippen LogP contribution is 2.35. The van der Waals surface area contributed by atoms with Crippen LogP contribution in [0.1, 0.15) is 59.2 Å². The molecule has 1 N–H and O–H groups in total. The molecule has 0 saturated carbocycles. The predicted octanol–water partition coefficient (Wildman–Crippen LogP) is 5.56. The van der Waals surface area contributed by atoms with Gasteiger partial charge in [0.15, 0.2) is 5.78 Å². The number of rotatable bonds is 8. The summed E-state index contributed by atoms with van der Waals surface area (Å²) in [6.45, 7) is 1.87. The first-order chi connectivity index (χ1) is 15.3. The predicted molar refractivity (Wildman–Crippen MR) is 124 cm³/mol. The summed E-state index contributed by atoms with van der Waals surface area (Å²) in [7, 11) is 1.60. The van der Waals surface area contributed by atoms with Gasteiger partial charge in [-0.3, -0.25) is 9.59 Å². The molecule has 7 heteroatoms. The molecule has 32 heavy (non-hydrogen) atoms. The van der Waals surface area contributed by atoms with Gasteiger partial charge < -0.3 is 9.77 Å². The molecule has 1 aromatic heterocycles. The molecule has 0 bridgehead atoms. The van der Waals surface area contributed by atoms with Crippen LogP contribution in [0.2, 0.25) is 5.02 Å². The minimum absolute atomic E-state index is 0.0580. The maximum atomic E-state index is 14.9. The van der Waals surface area contributed by atoms with Gasteiger partial charge in [-0.25, -0.2) is 4.39 Å². The molecular formula is C25H24ClFN2O3. The van der Waals surface area contributed by atoms with Gasteiger partial charge in [-0.15, -0.1) is 0 Å². The largest absolute Gasteiger partial charge is 0.411 e. The number of Topliss-reactive ketones (excluding diaryl/α,β-unsaturated/α-hetero) is 1. The quantitative estimate of drug-likeness (QED) is 0.209. The summed E-state index contributed by atoms with van der Waals surface area (Å²) in [5.74, 6) is -1.28. The third-order valence-electron chi connectivity index (χ3n) is 5.39. The third-order valence-corrected chi connectivity index (χ3v) is 5.74. The van der Waals surface area contributed by atoms with Crippen LogP contribution in [0.15, 0.2) is 70.7 Å². The van der Waals surface area contributed by atoms with Crippen LogP contribution in [0.4, 0.5) is 4.39 Å². The molecule has 1 heterocycles. The molecule has 0 saturated heterocycles. The molecule has 0 radical (unpaired) electrons. The summed E-state index contributed by atoms with van der Waals surface area (Å²) < 4.78 is 16.3. The Morgan fingerprint density at radius 3 is 2.56 bits per heavy atom. The highest BCUT2D eigenvalue weighted by atomic mass is 35.5. The van der Waals surface area contributed by atoms with Crippen molar-refractivity contribution in [1.82, 2.24) is 4.57 Å². The maximum Gasteiger partial charge on any atom is 0.250 e. The summed E-state index contributed by atoms with van der Waals surface area (Å²) in [6.07, 6.45) is 2.69. The fourth-order valence-corrected chi connectivity index (χ4v) is 3.94. The van der Waals surface area contributed by atoms with Gasteiger partial charge in [0.2, 0.25) is 5.56 Å². The van der Waals surface area contributed by atoms with E-state index in [4.69, 9.17) is 11.6 Å². The number of nitrogens with zero attached hydrogens (tertiary/aromatic N) is 2. The Morgan fingerprint density at radius 2 is 1.94 bits per heavy atom. The monoisotopic (exact) mass is 454 g/mol. The zero-order valence-electron chi connectivity index (χ0n) is 17.9. The van der Waals surface area contributed by atoms with Gasteiger partial charge in [-0.2, -0.15) is 0 Å². The summed E-state index contributed by atoms with van der Waals surface area (Å²) in [4.78, 5) is 23.9. The molecule has 3 aromatic rings. The Morgan fingerprint density at radius 1 is 1.19 bits per heavy atom. The van der Waals surface area contributed by atoms with E-state index in [1.54, 1.807) is 37.5 Å². The van der Waals surface area contributed by atoms with Crippen molar-refractivity contribution in [2.75, 3.05) is 0 Å². The molecule has 1 unspecified atom stereocenters. The smallest absolute Gasteiger partial charge is 0.250 e. The van der Waals surface area contributed by atoms with Crippen molar-refractivity contribution in [2.45, 2.75) is 32.1 Å². The van der Waals surface area contributed by atoms with Crippen LogP contribution in [0.3, 0.4) is 0 Å². The van der Waals surface area contributed by atoms with E-state index in [9.17, 15) is 19.2 Å². The number of hydrogen-bond donors (Lipinski definition) is 1. The zero-order valence-corrected chi connectivity index (χ0v) is 18.6. The van der Waals surface area contributed by atoms with E-state index < -0.39 is 11.7 Å². The first-order valence-corrected chi connectivity index (χ1v) is 10.7. The van der Waals surface area contributed by atoms with Crippen molar-refractivity contribution >= 4 is 23.1 Å². The number of halogens is 2. The molecule has 5 nitrogen and oxygen atoms in total. The Hall–Kier alpha value is -3.25. The highest BCUT2D eigenvalue weighted by Gasteiger charge is 2.23. The molecular weight excluding hydrogens is 431 g/mol. The Balaban J connectivity index is 2.06. The average molecular weight is 455 g/mol. The fourth-order valence-electron chi connectivity index (χ4n) is 3.68. The van der Waals surface area contributed by atoms with Gasteiger partial charge >= 0.3 is 0 Å². The second-order valence-electron chi connectivity index (χ2n) is 7.60. The lowest BCUT2D eigenvalue weighted by molar-refractivity contribution is 0.0978. The van der Waals surface area contributed by atoms with Crippen LogP contribution in [-0.2, 0) is 7.05 Å². The van der Waals surface area contributed by atoms with E-state index in [1.165, 1.54) is 22.8 Å². The van der Waals surface area contributed by atoms with E-state index >= 15 is 0 Å². The Bertz CT molecular complexity index is 1220. The molecule has 0 aliphatic carbocycles. The van der Waals surface area contributed by atoms with Crippen LogP contribution in [0.25, 0.3) is 0 Å². The molecule has 0 aliphatic heterocycles. The van der Waals surface area contributed by atoms with E-state index in [-0.39, 0.29) is 29.7 Å². The van der Waals surface area contributed by atoms with Crippen LogP contribution in [0, 0.1) is 5.82 Å². The third kappa shape index (κ3) is 5.14. The van der Waals surface area contributed by atoms with Gasteiger partial charge in [0.1, 0.15) is 5.82 Å². The van der Waals surface area contributed by atoms with Crippen molar-refractivity contribution in [3.63, 3.8) is 0 Å². The molecule has 1 atom stereocenters. The number of carbonyl (C=O) groups is 1. The van der Waals surface area contributed by atoms with Crippen molar-refractivity contribution in [2.24, 2.45) is 12.2 Å². The fraction of sp³-hybridized carbons (Fsp3) is 0.240. The number of aromatic nitrogens is 1. The normalized spacial score (nSPS) is 12.6.